The van der Waals surface area contributed by atoms with Gasteiger partial charge in [-0.05, 0) is 119 Å². The normalized spacial score (nSPS) is 18.9. The van der Waals surface area contributed by atoms with Crippen LogP contribution in [0.3, 0.4) is 0 Å². The summed E-state index contributed by atoms with van der Waals surface area (Å²) in [6.45, 7) is 16.2. The molecule has 3 amide bonds. The molecular formula is C49H61N10O5P. The van der Waals surface area contributed by atoms with Crippen LogP contribution in [-0.4, -0.2) is 125 Å². The number of para-hydroxylation sites is 1. The van der Waals surface area contributed by atoms with Crippen molar-refractivity contribution in [1.82, 2.24) is 35.0 Å². The van der Waals surface area contributed by atoms with Crippen LogP contribution in [0, 0.1) is 6.92 Å². The second-order valence-electron chi connectivity index (χ2n) is 18.2. The second kappa shape index (κ2) is 19.0. The zero-order valence-electron chi connectivity index (χ0n) is 38.0. The maximum absolute atomic E-state index is 13.2. The maximum Gasteiger partial charge on any atom is 0.255 e. The number of benzene rings is 3. The van der Waals surface area contributed by atoms with E-state index < -0.39 is 19.1 Å². The number of anilines is 5. The molecule has 3 aromatic carbocycles. The number of nitrogens with one attached hydrogen (secondary N) is 4. The van der Waals surface area contributed by atoms with E-state index in [0.717, 1.165) is 111 Å². The molecule has 0 radical (unpaired) electrons. The van der Waals surface area contributed by atoms with Crippen molar-refractivity contribution in [2.75, 3.05) is 81.3 Å². The van der Waals surface area contributed by atoms with E-state index in [1.54, 1.807) is 24.3 Å². The number of carbonyl (C=O) groups is 3. The van der Waals surface area contributed by atoms with Crippen LogP contribution >= 0.6 is 7.14 Å². The van der Waals surface area contributed by atoms with Gasteiger partial charge in [0.1, 0.15) is 30.4 Å². The van der Waals surface area contributed by atoms with Gasteiger partial charge in [-0.2, -0.15) is 9.97 Å². The lowest BCUT2D eigenvalue weighted by molar-refractivity contribution is -0.136. The van der Waals surface area contributed by atoms with Crippen LogP contribution in [0.1, 0.15) is 72.5 Å². The minimum absolute atomic E-state index is 0.181. The lowest BCUT2D eigenvalue weighted by atomic mass is 9.98. The van der Waals surface area contributed by atoms with Crippen LogP contribution in [0.15, 0.2) is 66.9 Å². The molecule has 2 aromatic heterocycles. The molecule has 9 rings (SSSR count). The Morgan fingerprint density at radius 3 is 2.45 bits per heavy atom. The van der Waals surface area contributed by atoms with Gasteiger partial charge in [0.05, 0.1) is 24.2 Å². The Kier molecular flexibility index (Phi) is 13.0. The number of unbranched alkanes of at least 4 members (excludes halogenated alkanes) is 1. The molecule has 3 saturated heterocycles. The molecule has 65 heavy (non-hydrogen) atoms. The quantitative estimate of drug-likeness (QED) is 0.0496. The number of hydrogen-bond acceptors (Lipinski definition) is 12. The summed E-state index contributed by atoms with van der Waals surface area (Å²) in [7, 11) is -2.53. The van der Waals surface area contributed by atoms with Gasteiger partial charge < -0.3 is 39.6 Å². The number of fused-ring (bicyclic) bond motifs is 2. The molecule has 0 aliphatic carbocycles. The lowest BCUT2D eigenvalue weighted by Crippen LogP contribution is -2.53. The van der Waals surface area contributed by atoms with Gasteiger partial charge in [0.2, 0.25) is 17.8 Å². The predicted molar refractivity (Wildman–Crippen MR) is 257 cm³/mol. The maximum atomic E-state index is 13.2. The molecule has 6 heterocycles. The van der Waals surface area contributed by atoms with E-state index in [0.29, 0.717) is 54.3 Å². The standard InChI is InChI=1S/C49H61N10O5P/c1-5-33-30-39(52-49-54-45-36(17-20-50-45)46(55-49)51-38-12-6-7-14-43(38)65(3,4)63)32(2)29-41(33)58-22-18-34(19-23-58)57-26-24-56(25-27-57)21-8-9-28-64-42-13-10-11-35-37(42)31-59(48(35)62)40-15-16-44(60)53-47(40)61/h6-7,10-14,17,20,29-30,34,40H,5,8-9,15-16,18-19,21-28,31H2,1-4H3,(H,53,60,61)(H3,50,51,52,54,55). The van der Waals surface area contributed by atoms with E-state index in [-0.39, 0.29) is 18.2 Å². The van der Waals surface area contributed by atoms with Crippen molar-refractivity contribution in [2.24, 2.45) is 0 Å². The highest BCUT2D eigenvalue weighted by molar-refractivity contribution is 7.70. The smallest absolute Gasteiger partial charge is 0.255 e. The Morgan fingerprint density at radius 2 is 1.68 bits per heavy atom. The molecule has 5 aromatic rings. The molecule has 0 bridgehead atoms. The average Bonchev–Trinajstić information content (AvgIpc) is 3.92. The van der Waals surface area contributed by atoms with Gasteiger partial charge in [-0.25, -0.2) is 0 Å². The minimum atomic E-state index is -2.53. The monoisotopic (exact) mass is 900 g/mol. The lowest BCUT2D eigenvalue weighted by Gasteiger charge is -2.43. The molecule has 1 unspecified atom stereocenters. The highest BCUT2D eigenvalue weighted by Crippen LogP contribution is 2.39. The number of nitrogens with zero attached hydrogens (tertiary/aromatic N) is 6. The van der Waals surface area contributed by atoms with Crippen molar-refractivity contribution in [2.45, 2.75) is 77.4 Å². The Bertz CT molecular complexity index is 2630. The molecule has 15 nitrogen and oxygen atoms in total. The van der Waals surface area contributed by atoms with Gasteiger partial charge in [-0.15, -0.1) is 0 Å². The number of carbonyl (C=O) groups excluding carboxylic acids is 3. The molecule has 1 atom stereocenters. The summed E-state index contributed by atoms with van der Waals surface area (Å²) >= 11 is 0. The highest BCUT2D eigenvalue weighted by Gasteiger charge is 2.40. The van der Waals surface area contributed by atoms with Crippen LogP contribution in [0.2, 0.25) is 0 Å². The van der Waals surface area contributed by atoms with Gasteiger partial charge in [0, 0.05) is 85.7 Å². The molecule has 0 saturated carbocycles. The van der Waals surface area contributed by atoms with E-state index >= 15 is 0 Å². The molecule has 4 N–H and O–H groups in total. The van der Waals surface area contributed by atoms with Crippen LogP contribution in [0.25, 0.3) is 11.0 Å². The summed E-state index contributed by atoms with van der Waals surface area (Å²) in [6, 6.07) is 19.7. The van der Waals surface area contributed by atoms with Gasteiger partial charge in [-0.3, -0.25) is 24.6 Å². The molecule has 16 heteroatoms. The first kappa shape index (κ1) is 44.4. The third kappa shape index (κ3) is 9.64. The minimum Gasteiger partial charge on any atom is -0.493 e. The number of hydrogen-bond donors (Lipinski definition) is 4. The Hall–Kier alpha value is -5.76. The highest BCUT2D eigenvalue weighted by atomic mass is 31.2. The van der Waals surface area contributed by atoms with Crippen LogP contribution < -0.4 is 30.9 Å². The third-order valence-electron chi connectivity index (χ3n) is 13.6. The fourth-order valence-electron chi connectivity index (χ4n) is 9.98. The van der Waals surface area contributed by atoms with Crippen molar-refractivity contribution < 1.29 is 23.7 Å². The Labute approximate surface area is 381 Å². The first-order chi connectivity index (χ1) is 31.4. The van der Waals surface area contributed by atoms with E-state index in [1.165, 1.54) is 11.3 Å². The number of ether oxygens (including phenoxy) is 1. The van der Waals surface area contributed by atoms with E-state index in [1.807, 2.05) is 48.7 Å². The summed E-state index contributed by atoms with van der Waals surface area (Å²) in [4.78, 5) is 59.7. The van der Waals surface area contributed by atoms with E-state index in [4.69, 9.17) is 14.7 Å². The fraction of sp³-hybridized carbons (Fsp3) is 0.449. The van der Waals surface area contributed by atoms with Gasteiger partial charge in [0.25, 0.3) is 5.91 Å². The summed E-state index contributed by atoms with van der Waals surface area (Å²) in [5, 5.41) is 11.0. The van der Waals surface area contributed by atoms with Crippen LogP contribution in [0.5, 0.6) is 5.75 Å². The van der Waals surface area contributed by atoms with Crippen molar-refractivity contribution in [3.8, 4) is 5.75 Å². The number of H-pyrrole nitrogens is 1. The summed E-state index contributed by atoms with van der Waals surface area (Å²) < 4.78 is 19.3. The van der Waals surface area contributed by atoms with Crippen molar-refractivity contribution in [3.63, 3.8) is 0 Å². The summed E-state index contributed by atoms with van der Waals surface area (Å²) in [5.41, 5.74) is 7.61. The number of amides is 3. The Balaban J connectivity index is 0.737. The molecular weight excluding hydrogens is 840 g/mol. The van der Waals surface area contributed by atoms with Crippen molar-refractivity contribution in [3.05, 3.63) is 89.1 Å². The number of piperazine rings is 1. The molecule has 342 valence electrons. The van der Waals surface area contributed by atoms with Gasteiger partial charge >= 0.3 is 0 Å². The third-order valence-corrected chi connectivity index (χ3v) is 15.2. The number of aromatic amines is 1. The number of aromatic nitrogens is 3. The summed E-state index contributed by atoms with van der Waals surface area (Å²) in [5.74, 6) is 0.956. The zero-order valence-corrected chi connectivity index (χ0v) is 38.9. The second-order valence-corrected chi connectivity index (χ2v) is 21.4. The first-order valence-corrected chi connectivity index (χ1v) is 25.8. The number of aryl methyl sites for hydroxylation is 2. The van der Waals surface area contributed by atoms with Crippen molar-refractivity contribution in [1.29, 1.82) is 0 Å². The molecule has 0 spiro atoms. The average molecular weight is 901 g/mol. The number of piperidine rings is 2. The SMILES string of the molecule is CCc1cc(Nc2nc(Nc3ccccc3P(C)(C)=O)c3cc[nH]c3n2)c(C)cc1N1CCC(N2CCN(CCCCOc3cccc4c3CN(C3CCC(=O)NC3=O)C4=O)CC2)CC1. The number of imide groups is 1. The van der Waals surface area contributed by atoms with Crippen molar-refractivity contribution >= 4 is 70.0 Å². The topological polar surface area (TPSA) is 168 Å². The molecule has 3 fully saturated rings. The number of rotatable bonds is 15. The molecule has 4 aliphatic heterocycles. The van der Waals surface area contributed by atoms with Crippen LogP contribution in [0.4, 0.5) is 28.8 Å². The van der Waals surface area contributed by atoms with Gasteiger partial charge in [0.15, 0.2) is 0 Å². The van der Waals surface area contributed by atoms with Gasteiger partial charge in [-0.1, -0.05) is 25.1 Å². The molecule has 4 aliphatic rings. The predicted octanol–water partition coefficient (Wildman–Crippen LogP) is 6.77. The zero-order chi connectivity index (χ0) is 45.2. The largest absolute Gasteiger partial charge is 0.493 e. The van der Waals surface area contributed by atoms with Crippen LogP contribution in [-0.2, 0) is 27.1 Å². The van der Waals surface area contributed by atoms with E-state index in [2.05, 4.69) is 61.6 Å². The Morgan fingerprint density at radius 1 is 0.877 bits per heavy atom. The first-order valence-electron chi connectivity index (χ1n) is 23.2. The summed E-state index contributed by atoms with van der Waals surface area (Å²) in [6.07, 6.45) is 7.59. The fourth-order valence-corrected chi connectivity index (χ4v) is 11.1. The van der Waals surface area contributed by atoms with E-state index in [9.17, 15) is 18.9 Å².